The molecule has 0 heterocycles. The second-order valence-electron chi connectivity index (χ2n) is 5.29. The van der Waals surface area contributed by atoms with Gasteiger partial charge in [0.25, 0.3) is 0 Å². The zero-order chi connectivity index (χ0) is 14.6. The molecule has 5 nitrogen and oxygen atoms in total. The Kier molecular flexibility index (Phi) is 4.77. The predicted molar refractivity (Wildman–Crippen MR) is 77.4 cm³/mol. The summed E-state index contributed by atoms with van der Waals surface area (Å²) in [5.74, 6) is -0.760. The normalized spacial score (nSPS) is 22.6. The van der Waals surface area contributed by atoms with Crippen LogP contribution in [-0.4, -0.2) is 26.1 Å². The molecule has 1 fully saturated rings. The van der Waals surface area contributed by atoms with Gasteiger partial charge < -0.3 is 5.73 Å². The number of nitrogens with one attached hydrogen (secondary N) is 1. The van der Waals surface area contributed by atoms with Crippen molar-refractivity contribution in [1.29, 1.82) is 0 Å². The highest BCUT2D eigenvalue weighted by atomic mass is 32.2. The van der Waals surface area contributed by atoms with E-state index in [4.69, 9.17) is 5.73 Å². The Morgan fingerprint density at radius 3 is 2.55 bits per heavy atom. The Bertz CT molecular complexity index is 557. The molecular formula is C14H20N2O3S. The lowest BCUT2D eigenvalue weighted by atomic mass is 10.1. The van der Waals surface area contributed by atoms with Crippen molar-refractivity contribution in [2.75, 3.05) is 5.75 Å². The summed E-state index contributed by atoms with van der Waals surface area (Å²) >= 11 is 0. The standard InChI is InChI=1S/C14H20N2O3S/c15-13-7-6-12(10-13)14(17)16-20(18,19)9-8-11-4-2-1-3-5-11/h1-5,12-13H,6-10,15H2,(H,16,17). The first kappa shape index (κ1) is 15.0. The molecule has 1 saturated carbocycles. The predicted octanol–water partition coefficient (Wildman–Crippen LogP) is 0.803. The van der Waals surface area contributed by atoms with Gasteiger partial charge in [-0.1, -0.05) is 30.3 Å². The van der Waals surface area contributed by atoms with Crippen LogP contribution in [0, 0.1) is 5.92 Å². The van der Waals surface area contributed by atoms with Crippen molar-refractivity contribution < 1.29 is 13.2 Å². The first-order valence-electron chi connectivity index (χ1n) is 6.80. The van der Waals surface area contributed by atoms with Gasteiger partial charge >= 0.3 is 0 Å². The summed E-state index contributed by atoms with van der Waals surface area (Å²) in [7, 11) is -3.57. The summed E-state index contributed by atoms with van der Waals surface area (Å²) in [5.41, 5.74) is 6.67. The number of carbonyl (C=O) groups is 1. The molecule has 1 aromatic carbocycles. The molecule has 0 bridgehead atoms. The summed E-state index contributed by atoms with van der Waals surface area (Å²) in [6.07, 6.45) is 2.41. The molecule has 20 heavy (non-hydrogen) atoms. The third kappa shape index (κ3) is 4.31. The lowest BCUT2D eigenvalue weighted by Gasteiger charge is -2.11. The van der Waals surface area contributed by atoms with E-state index in [9.17, 15) is 13.2 Å². The van der Waals surface area contributed by atoms with Gasteiger partial charge in [-0.15, -0.1) is 0 Å². The van der Waals surface area contributed by atoms with E-state index < -0.39 is 15.9 Å². The highest BCUT2D eigenvalue weighted by Crippen LogP contribution is 2.24. The Balaban J connectivity index is 1.86. The van der Waals surface area contributed by atoms with Gasteiger partial charge in [0.05, 0.1) is 5.75 Å². The highest BCUT2D eigenvalue weighted by molar-refractivity contribution is 7.90. The van der Waals surface area contributed by atoms with E-state index in [0.717, 1.165) is 12.0 Å². The summed E-state index contributed by atoms with van der Waals surface area (Å²) in [5, 5.41) is 0. The van der Waals surface area contributed by atoms with Gasteiger partial charge in [0.2, 0.25) is 15.9 Å². The minimum atomic E-state index is -3.57. The Morgan fingerprint density at radius 2 is 1.95 bits per heavy atom. The second kappa shape index (κ2) is 6.37. The maximum atomic E-state index is 11.9. The van der Waals surface area contributed by atoms with Crippen LogP contribution in [0.15, 0.2) is 30.3 Å². The number of hydrogen-bond donors (Lipinski definition) is 2. The van der Waals surface area contributed by atoms with Crippen LogP contribution in [0.5, 0.6) is 0 Å². The fourth-order valence-electron chi connectivity index (χ4n) is 2.44. The Hall–Kier alpha value is -1.40. The van der Waals surface area contributed by atoms with E-state index in [2.05, 4.69) is 4.72 Å². The number of rotatable bonds is 5. The Morgan fingerprint density at radius 1 is 1.25 bits per heavy atom. The van der Waals surface area contributed by atoms with Gasteiger partial charge in [-0.3, -0.25) is 9.52 Å². The average molecular weight is 296 g/mol. The first-order chi connectivity index (χ1) is 9.46. The molecule has 0 spiro atoms. The molecule has 6 heteroatoms. The molecule has 0 aliphatic heterocycles. The van der Waals surface area contributed by atoms with Crippen LogP contribution < -0.4 is 10.5 Å². The largest absolute Gasteiger partial charge is 0.328 e. The van der Waals surface area contributed by atoms with Gasteiger partial charge in [-0.05, 0) is 31.2 Å². The smallest absolute Gasteiger partial charge is 0.236 e. The number of hydrogen-bond acceptors (Lipinski definition) is 4. The van der Waals surface area contributed by atoms with Crippen LogP contribution in [0.25, 0.3) is 0 Å². The lowest BCUT2D eigenvalue weighted by molar-refractivity contribution is -0.123. The SMILES string of the molecule is NC1CCC(C(=O)NS(=O)(=O)CCc2ccccc2)C1. The first-order valence-corrected chi connectivity index (χ1v) is 8.45. The number of benzene rings is 1. The van der Waals surface area contributed by atoms with Gasteiger partial charge in [0, 0.05) is 12.0 Å². The number of nitrogens with two attached hydrogens (primary N) is 1. The van der Waals surface area contributed by atoms with Crippen LogP contribution in [0.1, 0.15) is 24.8 Å². The van der Waals surface area contributed by atoms with E-state index in [1.54, 1.807) is 0 Å². The fraction of sp³-hybridized carbons (Fsp3) is 0.500. The summed E-state index contributed by atoms with van der Waals surface area (Å²) in [4.78, 5) is 11.9. The lowest BCUT2D eigenvalue weighted by Crippen LogP contribution is -2.37. The zero-order valence-electron chi connectivity index (χ0n) is 11.3. The van der Waals surface area contributed by atoms with Crippen LogP contribution in [0.2, 0.25) is 0 Å². The average Bonchev–Trinajstić information content (AvgIpc) is 2.84. The molecule has 1 aromatic rings. The molecule has 1 amide bonds. The van der Waals surface area contributed by atoms with Crippen LogP contribution in [-0.2, 0) is 21.2 Å². The summed E-state index contributed by atoms with van der Waals surface area (Å²) in [6.45, 7) is 0. The molecule has 2 unspecified atom stereocenters. The zero-order valence-corrected chi connectivity index (χ0v) is 12.1. The number of aryl methyl sites for hydroxylation is 1. The van der Waals surface area contributed by atoms with Gasteiger partial charge in [-0.2, -0.15) is 0 Å². The molecule has 0 saturated heterocycles. The molecule has 0 radical (unpaired) electrons. The second-order valence-corrected chi connectivity index (χ2v) is 7.13. The van der Waals surface area contributed by atoms with Crippen LogP contribution in [0.4, 0.5) is 0 Å². The van der Waals surface area contributed by atoms with E-state index in [1.165, 1.54) is 0 Å². The van der Waals surface area contributed by atoms with E-state index >= 15 is 0 Å². The van der Waals surface area contributed by atoms with E-state index in [1.807, 2.05) is 30.3 Å². The molecule has 2 atom stereocenters. The molecule has 3 N–H and O–H groups in total. The highest BCUT2D eigenvalue weighted by Gasteiger charge is 2.29. The number of amides is 1. The quantitative estimate of drug-likeness (QED) is 0.841. The van der Waals surface area contributed by atoms with Crippen molar-refractivity contribution in [1.82, 2.24) is 4.72 Å². The molecule has 110 valence electrons. The number of carbonyl (C=O) groups excluding carboxylic acids is 1. The topological polar surface area (TPSA) is 89.3 Å². The van der Waals surface area contributed by atoms with Crippen molar-refractivity contribution >= 4 is 15.9 Å². The third-order valence-corrected chi connectivity index (χ3v) is 4.86. The summed E-state index contributed by atoms with van der Waals surface area (Å²) in [6, 6.07) is 9.35. The molecular weight excluding hydrogens is 276 g/mol. The van der Waals surface area contributed by atoms with Crippen LogP contribution in [0.3, 0.4) is 0 Å². The molecule has 1 aliphatic carbocycles. The number of sulfonamides is 1. The van der Waals surface area contributed by atoms with Gasteiger partial charge in [0.15, 0.2) is 0 Å². The van der Waals surface area contributed by atoms with Crippen LogP contribution >= 0.6 is 0 Å². The minimum absolute atomic E-state index is 0.0118. The monoisotopic (exact) mass is 296 g/mol. The molecule has 0 aromatic heterocycles. The third-order valence-electron chi connectivity index (χ3n) is 3.60. The van der Waals surface area contributed by atoms with Gasteiger partial charge in [0.1, 0.15) is 0 Å². The van der Waals surface area contributed by atoms with Crippen molar-refractivity contribution in [3.05, 3.63) is 35.9 Å². The van der Waals surface area contributed by atoms with E-state index in [-0.39, 0.29) is 17.7 Å². The van der Waals surface area contributed by atoms with Crippen molar-refractivity contribution in [2.45, 2.75) is 31.7 Å². The fourth-order valence-corrected chi connectivity index (χ4v) is 3.52. The van der Waals surface area contributed by atoms with Crippen molar-refractivity contribution in [3.63, 3.8) is 0 Å². The maximum absolute atomic E-state index is 11.9. The Labute approximate surface area is 119 Å². The summed E-state index contributed by atoms with van der Waals surface area (Å²) < 4.78 is 25.9. The van der Waals surface area contributed by atoms with E-state index in [0.29, 0.717) is 19.3 Å². The maximum Gasteiger partial charge on any atom is 0.236 e. The van der Waals surface area contributed by atoms with Crippen molar-refractivity contribution in [2.24, 2.45) is 11.7 Å². The van der Waals surface area contributed by atoms with Crippen molar-refractivity contribution in [3.8, 4) is 0 Å². The van der Waals surface area contributed by atoms with Gasteiger partial charge in [-0.25, -0.2) is 8.42 Å². The molecule has 2 rings (SSSR count). The minimum Gasteiger partial charge on any atom is -0.328 e. The molecule has 1 aliphatic rings.